The molecule has 0 saturated carbocycles. The number of rotatable bonds is 6. The molecule has 0 saturated heterocycles. The Morgan fingerprint density at radius 1 is 1.26 bits per heavy atom. The molecule has 23 heavy (non-hydrogen) atoms. The number of nitrogens with one attached hydrogen (secondary N) is 2. The largest absolute Gasteiger partial charge is 0.481 e. The number of halogens is 3. The molecule has 0 fully saturated rings. The normalized spacial score (nSPS) is 13.0. The molecule has 1 heterocycles. The van der Waals surface area contributed by atoms with Gasteiger partial charge in [-0.25, -0.2) is 0 Å². The molecule has 1 aromatic carbocycles. The molecular weight excluding hydrogens is 313 g/mol. The number of aromatic amines is 1. The van der Waals surface area contributed by atoms with E-state index in [4.69, 9.17) is 5.11 Å². The highest BCUT2D eigenvalue weighted by molar-refractivity contribution is 5.81. The van der Waals surface area contributed by atoms with Crippen LogP contribution in [-0.4, -0.2) is 34.2 Å². The van der Waals surface area contributed by atoms with Crippen molar-refractivity contribution in [1.29, 1.82) is 0 Å². The van der Waals surface area contributed by atoms with Gasteiger partial charge in [0.25, 0.3) is 0 Å². The molecule has 0 aliphatic heterocycles. The van der Waals surface area contributed by atoms with Gasteiger partial charge in [-0.3, -0.25) is 9.59 Å². The van der Waals surface area contributed by atoms with E-state index in [-0.39, 0.29) is 12.8 Å². The first-order chi connectivity index (χ1) is 10.8. The molecule has 2 aromatic rings. The molecule has 0 aliphatic rings. The van der Waals surface area contributed by atoms with E-state index in [1.165, 1.54) is 0 Å². The summed E-state index contributed by atoms with van der Waals surface area (Å²) < 4.78 is 38.0. The zero-order chi connectivity index (χ0) is 17.0. The van der Waals surface area contributed by atoms with Crippen LogP contribution in [0.2, 0.25) is 0 Å². The number of hydrogen-bond donors (Lipinski definition) is 3. The molecular formula is C15H15F3N2O3. The number of carbonyl (C=O) groups excluding carboxylic acids is 1. The van der Waals surface area contributed by atoms with Crippen LogP contribution in [0.5, 0.6) is 0 Å². The topological polar surface area (TPSA) is 82.2 Å². The van der Waals surface area contributed by atoms with Crippen molar-refractivity contribution in [2.24, 2.45) is 0 Å². The van der Waals surface area contributed by atoms with Gasteiger partial charge < -0.3 is 15.4 Å². The summed E-state index contributed by atoms with van der Waals surface area (Å²) in [5.41, 5.74) is 1.74. The predicted molar refractivity (Wildman–Crippen MR) is 76.9 cm³/mol. The number of alkyl halides is 3. The number of carbonyl (C=O) groups is 2. The monoisotopic (exact) mass is 328 g/mol. The predicted octanol–water partition coefficient (Wildman–Crippen LogP) is 2.62. The number of aliphatic carboxylic acids is 1. The van der Waals surface area contributed by atoms with Gasteiger partial charge in [-0.15, -0.1) is 0 Å². The lowest BCUT2D eigenvalue weighted by atomic mass is 10.1. The summed E-state index contributed by atoms with van der Waals surface area (Å²) in [5, 5.41) is 11.2. The van der Waals surface area contributed by atoms with Crippen LogP contribution in [0.15, 0.2) is 30.5 Å². The fraction of sp³-hybridized carbons (Fsp3) is 0.333. The van der Waals surface area contributed by atoms with E-state index in [1.807, 2.05) is 18.2 Å². The van der Waals surface area contributed by atoms with Crippen LogP contribution in [-0.2, 0) is 16.0 Å². The first kappa shape index (κ1) is 16.9. The minimum absolute atomic E-state index is 0.151. The summed E-state index contributed by atoms with van der Waals surface area (Å²) in [6.45, 7) is 0. The maximum atomic E-state index is 12.7. The lowest BCUT2D eigenvalue weighted by molar-refractivity contribution is -0.170. The smallest absolute Gasteiger partial charge is 0.409 e. The van der Waals surface area contributed by atoms with E-state index < -0.39 is 30.5 Å². The van der Waals surface area contributed by atoms with Gasteiger partial charge >= 0.3 is 12.1 Å². The number of aryl methyl sites for hydroxylation is 1. The third-order valence-electron chi connectivity index (χ3n) is 3.37. The molecule has 0 spiro atoms. The summed E-state index contributed by atoms with van der Waals surface area (Å²) in [4.78, 5) is 25.1. The van der Waals surface area contributed by atoms with Crippen LogP contribution in [0.3, 0.4) is 0 Å². The van der Waals surface area contributed by atoms with E-state index in [1.54, 1.807) is 17.6 Å². The average molecular weight is 328 g/mol. The standard InChI is InChI=1S/C15H15F3N2O3/c16-15(17,18)12(8-14(22)23)20-13(21)4-2-9-1-3-11-10(7-9)5-6-19-11/h1,3,5-7,12,19H,2,4,8H2,(H,20,21)(H,22,23). The van der Waals surface area contributed by atoms with Crippen molar-refractivity contribution < 1.29 is 27.9 Å². The molecule has 0 bridgehead atoms. The second-order valence-electron chi connectivity index (χ2n) is 5.16. The van der Waals surface area contributed by atoms with Crippen molar-refractivity contribution in [2.45, 2.75) is 31.5 Å². The van der Waals surface area contributed by atoms with Crippen LogP contribution in [0, 0.1) is 0 Å². The van der Waals surface area contributed by atoms with Crippen molar-refractivity contribution in [3.8, 4) is 0 Å². The number of hydrogen-bond acceptors (Lipinski definition) is 2. The maximum absolute atomic E-state index is 12.7. The fourth-order valence-electron chi connectivity index (χ4n) is 2.21. The number of carboxylic acids is 1. The summed E-state index contributed by atoms with van der Waals surface area (Å²) in [5.74, 6) is -2.45. The second-order valence-corrected chi connectivity index (χ2v) is 5.16. The zero-order valence-electron chi connectivity index (χ0n) is 12.0. The van der Waals surface area contributed by atoms with Crippen molar-refractivity contribution in [2.75, 3.05) is 0 Å². The van der Waals surface area contributed by atoms with Crippen LogP contribution in [0.4, 0.5) is 13.2 Å². The van der Waals surface area contributed by atoms with Gasteiger partial charge in [0.1, 0.15) is 6.04 Å². The zero-order valence-corrected chi connectivity index (χ0v) is 12.0. The van der Waals surface area contributed by atoms with Gasteiger partial charge in [0.15, 0.2) is 0 Å². The lowest BCUT2D eigenvalue weighted by Gasteiger charge is -2.19. The molecule has 3 N–H and O–H groups in total. The molecule has 1 atom stereocenters. The molecule has 1 unspecified atom stereocenters. The number of benzene rings is 1. The van der Waals surface area contributed by atoms with Gasteiger partial charge in [0, 0.05) is 18.1 Å². The Balaban J connectivity index is 1.93. The molecule has 0 aliphatic carbocycles. The summed E-state index contributed by atoms with van der Waals surface area (Å²) in [6.07, 6.45) is -4.10. The summed E-state index contributed by atoms with van der Waals surface area (Å²) in [6, 6.07) is 4.93. The Bertz CT molecular complexity index is 709. The van der Waals surface area contributed by atoms with Crippen LogP contribution >= 0.6 is 0 Å². The van der Waals surface area contributed by atoms with Gasteiger partial charge in [-0.05, 0) is 35.6 Å². The molecule has 2 rings (SSSR count). The number of fused-ring (bicyclic) bond motifs is 1. The molecule has 5 nitrogen and oxygen atoms in total. The Labute approximate surface area is 129 Å². The van der Waals surface area contributed by atoms with Crippen molar-refractivity contribution in [1.82, 2.24) is 10.3 Å². The molecule has 124 valence electrons. The lowest BCUT2D eigenvalue weighted by Crippen LogP contribution is -2.46. The Morgan fingerprint density at radius 2 is 2.00 bits per heavy atom. The molecule has 1 amide bonds. The van der Waals surface area contributed by atoms with E-state index in [0.29, 0.717) is 0 Å². The number of aromatic nitrogens is 1. The average Bonchev–Trinajstić information content (AvgIpc) is 2.90. The van der Waals surface area contributed by atoms with Gasteiger partial charge in [-0.2, -0.15) is 13.2 Å². The van der Waals surface area contributed by atoms with Crippen LogP contribution in [0.25, 0.3) is 10.9 Å². The second kappa shape index (κ2) is 6.72. The first-order valence-electron chi connectivity index (χ1n) is 6.89. The minimum atomic E-state index is -4.79. The van der Waals surface area contributed by atoms with Gasteiger partial charge in [0.2, 0.25) is 5.91 Å². The summed E-state index contributed by atoms with van der Waals surface area (Å²) in [7, 11) is 0. The highest BCUT2D eigenvalue weighted by Gasteiger charge is 2.41. The third-order valence-corrected chi connectivity index (χ3v) is 3.37. The maximum Gasteiger partial charge on any atom is 0.409 e. The van der Waals surface area contributed by atoms with Crippen molar-refractivity contribution in [3.05, 3.63) is 36.0 Å². The Kier molecular flexibility index (Phi) is 4.92. The SMILES string of the molecule is O=C(O)CC(NC(=O)CCc1ccc2[nH]ccc2c1)C(F)(F)F. The Hall–Kier alpha value is -2.51. The van der Waals surface area contributed by atoms with E-state index in [2.05, 4.69) is 4.98 Å². The van der Waals surface area contributed by atoms with Crippen molar-refractivity contribution >= 4 is 22.8 Å². The highest BCUT2D eigenvalue weighted by Crippen LogP contribution is 2.23. The first-order valence-corrected chi connectivity index (χ1v) is 6.89. The van der Waals surface area contributed by atoms with Crippen LogP contribution < -0.4 is 5.32 Å². The fourth-order valence-corrected chi connectivity index (χ4v) is 2.21. The quantitative estimate of drug-likeness (QED) is 0.762. The van der Waals surface area contributed by atoms with Crippen molar-refractivity contribution in [3.63, 3.8) is 0 Å². The number of carboxylic acid groups (broad SMARTS) is 1. The number of amides is 1. The molecule has 1 aromatic heterocycles. The minimum Gasteiger partial charge on any atom is -0.481 e. The third kappa shape index (κ3) is 4.73. The Morgan fingerprint density at radius 3 is 2.65 bits per heavy atom. The van der Waals surface area contributed by atoms with E-state index >= 15 is 0 Å². The highest BCUT2D eigenvalue weighted by atomic mass is 19.4. The van der Waals surface area contributed by atoms with E-state index in [9.17, 15) is 22.8 Å². The van der Waals surface area contributed by atoms with E-state index in [0.717, 1.165) is 16.5 Å². The molecule has 8 heteroatoms. The number of H-pyrrole nitrogens is 1. The van der Waals surface area contributed by atoms with Crippen LogP contribution in [0.1, 0.15) is 18.4 Å². The van der Waals surface area contributed by atoms with Gasteiger partial charge in [0.05, 0.1) is 6.42 Å². The van der Waals surface area contributed by atoms with Gasteiger partial charge in [-0.1, -0.05) is 6.07 Å². The molecule has 0 radical (unpaired) electrons. The summed E-state index contributed by atoms with van der Waals surface area (Å²) >= 11 is 0.